The van der Waals surface area contributed by atoms with Gasteiger partial charge in [0.15, 0.2) is 5.78 Å². The summed E-state index contributed by atoms with van der Waals surface area (Å²) in [6.07, 6.45) is -0.229. The molecule has 0 aromatic heterocycles. The third kappa shape index (κ3) is 4.33. The molecule has 0 bridgehead atoms. The van der Waals surface area contributed by atoms with Crippen molar-refractivity contribution in [1.82, 2.24) is 0 Å². The summed E-state index contributed by atoms with van der Waals surface area (Å²) in [4.78, 5) is 22.6. The number of amides is 1. The highest BCUT2D eigenvalue weighted by Crippen LogP contribution is 2.11. The Kier molecular flexibility index (Phi) is 4.96. The Balaban J connectivity index is 2.52. The normalized spacial score (nSPS) is 11.9. The van der Waals surface area contributed by atoms with Crippen molar-refractivity contribution in [2.24, 2.45) is 0 Å². The highest BCUT2D eigenvalue weighted by Gasteiger charge is 2.15. The lowest BCUT2D eigenvalue weighted by molar-refractivity contribution is -0.124. The number of carbonyl (C=O) groups is 2. The molecule has 0 saturated carbocycles. The molecular weight excluding hydrogens is 293 g/mol. The second-order valence-electron chi connectivity index (χ2n) is 3.36. The van der Waals surface area contributed by atoms with Crippen LogP contribution in [0.5, 0.6) is 0 Å². The summed E-state index contributed by atoms with van der Waals surface area (Å²) in [5, 5.41) is 2.62. The lowest BCUT2D eigenvalue weighted by atomic mass is 10.2. The van der Waals surface area contributed by atoms with Crippen molar-refractivity contribution < 1.29 is 9.59 Å². The van der Waals surface area contributed by atoms with Crippen LogP contribution in [0.1, 0.15) is 12.0 Å². The average Bonchev–Trinajstić information content (AvgIpc) is 2.21. The smallest absolute Gasteiger partial charge is 0.231 e. The second kappa shape index (κ2) is 6.01. The first-order valence-electron chi connectivity index (χ1n) is 4.66. The van der Waals surface area contributed by atoms with E-state index in [4.69, 9.17) is 11.6 Å². The molecule has 0 aliphatic carbocycles. The Labute approximate surface area is 107 Å². The van der Waals surface area contributed by atoms with Crippen LogP contribution in [0.25, 0.3) is 0 Å². The molecule has 0 spiro atoms. The van der Waals surface area contributed by atoms with Gasteiger partial charge in [0.1, 0.15) is 4.29 Å². The number of nitrogens with one attached hydrogen (secondary N) is 1. The molecule has 86 valence electrons. The third-order valence-electron chi connectivity index (χ3n) is 1.91. The summed E-state index contributed by atoms with van der Waals surface area (Å²) in [5.41, 5.74) is 1.78. The summed E-state index contributed by atoms with van der Waals surface area (Å²) in [6, 6.07) is 7.33. The fraction of sp³-hybridized carbons (Fsp3) is 0.273. The molecule has 0 radical (unpaired) electrons. The molecule has 1 atom stereocenters. The van der Waals surface area contributed by atoms with E-state index in [-0.39, 0.29) is 18.1 Å². The molecule has 1 unspecified atom stereocenters. The van der Waals surface area contributed by atoms with Crippen molar-refractivity contribution in [2.75, 3.05) is 5.32 Å². The second-order valence-corrected chi connectivity index (χ2v) is 5.24. The van der Waals surface area contributed by atoms with E-state index in [0.717, 1.165) is 5.56 Å². The number of hydrogen-bond acceptors (Lipinski definition) is 2. The van der Waals surface area contributed by atoms with Gasteiger partial charge in [-0.1, -0.05) is 33.6 Å². The number of carbonyl (C=O) groups excluding carboxylic acids is 2. The van der Waals surface area contributed by atoms with Gasteiger partial charge in [0.2, 0.25) is 5.91 Å². The Hall–Kier alpha value is -0.870. The zero-order valence-electron chi connectivity index (χ0n) is 8.67. The molecule has 0 fully saturated rings. The Morgan fingerprint density at radius 2 is 1.94 bits per heavy atom. The number of hydrogen-bond donors (Lipinski definition) is 1. The lowest BCUT2D eigenvalue weighted by Crippen LogP contribution is -2.19. The predicted octanol–water partition coefficient (Wildman–Crippen LogP) is 2.85. The van der Waals surface area contributed by atoms with Gasteiger partial charge < -0.3 is 5.32 Å². The monoisotopic (exact) mass is 303 g/mol. The first-order valence-corrected chi connectivity index (χ1v) is 6.01. The van der Waals surface area contributed by atoms with E-state index in [9.17, 15) is 9.59 Å². The van der Waals surface area contributed by atoms with Crippen LogP contribution in [0, 0.1) is 6.92 Å². The molecule has 0 aliphatic rings. The van der Waals surface area contributed by atoms with E-state index in [0.29, 0.717) is 5.69 Å². The average molecular weight is 305 g/mol. The van der Waals surface area contributed by atoms with Gasteiger partial charge in [-0.3, -0.25) is 9.59 Å². The zero-order chi connectivity index (χ0) is 12.1. The molecule has 1 amide bonds. The minimum absolute atomic E-state index is 0.229. The molecule has 0 saturated heterocycles. The SMILES string of the molecule is Cc1ccc(NC(=O)CC(=O)C(Cl)Br)cc1. The molecule has 3 nitrogen and oxygen atoms in total. The highest BCUT2D eigenvalue weighted by atomic mass is 79.9. The van der Waals surface area contributed by atoms with Crippen LogP contribution in [-0.4, -0.2) is 16.0 Å². The first-order chi connectivity index (χ1) is 7.49. The number of ketones is 1. The molecule has 16 heavy (non-hydrogen) atoms. The van der Waals surface area contributed by atoms with Crippen molar-refractivity contribution in [1.29, 1.82) is 0 Å². The summed E-state index contributed by atoms with van der Waals surface area (Å²) < 4.78 is -0.809. The number of anilines is 1. The molecule has 1 N–H and O–H groups in total. The summed E-state index contributed by atoms with van der Waals surface area (Å²) >= 11 is 8.38. The van der Waals surface area contributed by atoms with E-state index in [1.54, 1.807) is 12.1 Å². The maximum Gasteiger partial charge on any atom is 0.231 e. The quantitative estimate of drug-likeness (QED) is 0.687. The standard InChI is InChI=1S/C11H11BrClNO2/c1-7-2-4-8(5-3-7)14-10(16)6-9(15)11(12)13/h2-5,11H,6H2,1H3,(H,14,16). The molecule has 1 aromatic rings. The molecule has 0 aliphatic heterocycles. The van der Waals surface area contributed by atoms with E-state index in [1.807, 2.05) is 19.1 Å². The molecule has 5 heteroatoms. The van der Waals surface area contributed by atoms with Crippen LogP contribution < -0.4 is 5.32 Å². The molecular formula is C11H11BrClNO2. The number of rotatable bonds is 4. The van der Waals surface area contributed by atoms with Gasteiger partial charge in [-0.25, -0.2) is 0 Å². The Morgan fingerprint density at radius 3 is 2.44 bits per heavy atom. The maximum absolute atomic E-state index is 11.4. The molecule has 1 aromatic carbocycles. The van der Waals surface area contributed by atoms with Gasteiger partial charge >= 0.3 is 0 Å². The summed E-state index contributed by atoms with van der Waals surface area (Å²) in [6.45, 7) is 1.96. The van der Waals surface area contributed by atoms with Crippen LogP contribution in [0.4, 0.5) is 5.69 Å². The number of benzene rings is 1. The number of halogens is 2. The Morgan fingerprint density at radius 1 is 1.38 bits per heavy atom. The largest absolute Gasteiger partial charge is 0.326 e. The van der Waals surface area contributed by atoms with Crippen molar-refractivity contribution in [3.05, 3.63) is 29.8 Å². The minimum Gasteiger partial charge on any atom is -0.326 e. The predicted molar refractivity (Wildman–Crippen MR) is 68.0 cm³/mol. The molecule has 0 heterocycles. The van der Waals surface area contributed by atoms with Crippen LogP contribution in [0.15, 0.2) is 24.3 Å². The maximum atomic E-state index is 11.4. The number of alkyl halides is 2. The van der Waals surface area contributed by atoms with E-state index < -0.39 is 4.29 Å². The van der Waals surface area contributed by atoms with Crippen LogP contribution >= 0.6 is 27.5 Å². The summed E-state index contributed by atoms with van der Waals surface area (Å²) in [5.74, 6) is -0.717. The van der Waals surface area contributed by atoms with Crippen LogP contribution in [0.3, 0.4) is 0 Å². The summed E-state index contributed by atoms with van der Waals surface area (Å²) in [7, 11) is 0. The van der Waals surface area contributed by atoms with Crippen molar-refractivity contribution in [3.8, 4) is 0 Å². The van der Waals surface area contributed by atoms with Gasteiger partial charge in [-0.2, -0.15) is 0 Å². The van der Waals surface area contributed by atoms with Gasteiger partial charge in [0.05, 0.1) is 6.42 Å². The van der Waals surface area contributed by atoms with Gasteiger partial charge in [-0.05, 0) is 19.1 Å². The Bertz CT molecular complexity index is 389. The van der Waals surface area contributed by atoms with Crippen molar-refractivity contribution >= 4 is 44.9 Å². The van der Waals surface area contributed by atoms with Crippen LogP contribution in [-0.2, 0) is 9.59 Å². The highest BCUT2D eigenvalue weighted by molar-refractivity contribution is 9.10. The topological polar surface area (TPSA) is 46.2 Å². The first kappa shape index (κ1) is 13.2. The fourth-order valence-corrected chi connectivity index (χ4v) is 1.32. The van der Waals surface area contributed by atoms with E-state index in [2.05, 4.69) is 21.2 Å². The van der Waals surface area contributed by atoms with Crippen LogP contribution in [0.2, 0.25) is 0 Å². The minimum atomic E-state index is -0.809. The van der Waals surface area contributed by atoms with Gasteiger partial charge in [0, 0.05) is 5.69 Å². The number of Topliss-reactive ketones (excluding diaryl/α,β-unsaturated/α-hetero) is 1. The van der Waals surface area contributed by atoms with Crippen molar-refractivity contribution in [3.63, 3.8) is 0 Å². The fourth-order valence-electron chi connectivity index (χ4n) is 1.08. The zero-order valence-corrected chi connectivity index (χ0v) is 11.0. The van der Waals surface area contributed by atoms with Crippen molar-refractivity contribution in [2.45, 2.75) is 17.6 Å². The molecule has 1 rings (SSSR count). The lowest BCUT2D eigenvalue weighted by Gasteiger charge is -2.05. The van der Waals surface area contributed by atoms with Gasteiger partial charge in [0.25, 0.3) is 0 Å². The third-order valence-corrected chi connectivity index (χ3v) is 2.67. The number of aryl methyl sites for hydroxylation is 1. The van der Waals surface area contributed by atoms with E-state index >= 15 is 0 Å². The van der Waals surface area contributed by atoms with Gasteiger partial charge in [-0.15, -0.1) is 11.6 Å². The van der Waals surface area contributed by atoms with E-state index in [1.165, 1.54) is 0 Å².